The van der Waals surface area contributed by atoms with Gasteiger partial charge in [-0.1, -0.05) is 38.2 Å². The van der Waals surface area contributed by atoms with Crippen LogP contribution in [0.4, 0.5) is 0 Å². The highest BCUT2D eigenvalue weighted by Crippen LogP contribution is 2.63. The Morgan fingerprint density at radius 3 is 2.46 bits per heavy atom. The van der Waals surface area contributed by atoms with Crippen LogP contribution >= 0.6 is 0 Å². The SMILES string of the molecule is C=C1C(N)CC2[C@H](CC=CCN(C)C)C([C@]3(C)CC[C@@H](O)C[C@H]3O)CC[C@]12C. The second kappa shape index (κ2) is 8.22. The molecule has 0 heterocycles. The third-order valence-electron chi connectivity index (χ3n) is 8.68. The first-order valence-electron chi connectivity index (χ1n) is 11.2. The minimum absolute atomic E-state index is 0.105. The van der Waals surface area contributed by atoms with Crippen LogP contribution in [0.1, 0.15) is 58.8 Å². The average Bonchev–Trinajstić information content (AvgIpc) is 2.86. The standard InChI is InChI=1S/C24H42N2O2/c1-16-21(25)15-20-18(8-6-7-13-26(4)5)19(10-12-23(16,20)2)24(3)11-9-17(27)14-22(24)28/h6-7,17-22,27-28H,1,8-15,25H2,2-5H3/t17-,18-,19?,20?,21?,22-,23-,24+/m1/s1. The maximum absolute atomic E-state index is 11.0. The monoisotopic (exact) mass is 390 g/mol. The van der Waals surface area contributed by atoms with E-state index in [4.69, 9.17) is 5.73 Å². The number of aliphatic hydroxyl groups excluding tert-OH is 2. The molecule has 3 saturated carbocycles. The van der Waals surface area contributed by atoms with Crippen LogP contribution in [0.3, 0.4) is 0 Å². The fraction of sp³-hybridized carbons (Fsp3) is 0.833. The zero-order chi connectivity index (χ0) is 20.7. The molecule has 4 N–H and O–H groups in total. The Labute approximate surface area is 171 Å². The van der Waals surface area contributed by atoms with Crippen molar-refractivity contribution in [2.75, 3.05) is 20.6 Å². The molecule has 3 unspecified atom stereocenters. The third-order valence-corrected chi connectivity index (χ3v) is 8.68. The number of rotatable bonds is 5. The van der Waals surface area contributed by atoms with Crippen LogP contribution in [0.5, 0.6) is 0 Å². The molecule has 160 valence electrons. The highest BCUT2D eigenvalue weighted by atomic mass is 16.3. The number of allylic oxidation sites excluding steroid dienone is 1. The van der Waals surface area contributed by atoms with Crippen molar-refractivity contribution in [3.05, 3.63) is 24.3 Å². The first kappa shape index (κ1) is 22.0. The summed E-state index contributed by atoms with van der Waals surface area (Å²) in [4.78, 5) is 2.18. The minimum Gasteiger partial charge on any atom is -0.393 e. The van der Waals surface area contributed by atoms with Gasteiger partial charge in [0.1, 0.15) is 0 Å². The molecule has 28 heavy (non-hydrogen) atoms. The lowest BCUT2D eigenvalue weighted by atomic mass is 9.50. The lowest BCUT2D eigenvalue weighted by Gasteiger charge is -2.55. The molecule has 0 aliphatic heterocycles. The molecule has 3 aliphatic carbocycles. The second-order valence-electron chi connectivity index (χ2n) is 10.6. The summed E-state index contributed by atoms with van der Waals surface area (Å²) in [5.41, 5.74) is 7.73. The van der Waals surface area contributed by atoms with Crippen LogP contribution in [0.15, 0.2) is 24.3 Å². The highest BCUT2D eigenvalue weighted by molar-refractivity contribution is 5.26. The van der Waals surface area contributed by atoms with E-state index in [2.05, 4.69) is 51.6 Å². The molecule has 4 heteroatoms. The topological polar surface area (TPSA) is 69.7 Å². The van der Waals surface area contributed by atoms with Crippen molar-refractivity contribution < 1.29 is 10.2 Å². The molecule has 0 radical (unpaired) electrons. The molecule has 4 nitrogen and oxygen atoms in total. The van der Waals surface area contributed by atoms with Crippen LogP contribution < -0.4 is 5.73 Å². The van der Waals surface area contributed by atoms with Gasteiger partial charge >= 0.3 is 0 Å². The Morgan fingerprint density at radius 1 is 1.11 bits per heavy atom. The molecular formula is C24H42N2O2. The van der Waals surface area contributed by atoms with Gasteiger partial charge < -0.3 is 20.8 Å². The first-order valence-corrected chi connectivity index (χ1v) is 11.2. The molecular weight excluding hydrogens is 348 g/mol. The normalized spacial score (nSPS) is 47.1. The summed E-state index contributed by atoms with van der Waals surface area (Å²) in [7, 11) is 4.19. The molecule has 3 aliphatic rings. The predicted octanol–water partition coefficient (Wildman–Crippen LogP) is 3.34. The van der Waals surface area contributed by atoms with Crippen molar-refractivity contribution in [1.29, 1.82) is 0 Å². The summed E-state index contributed by atoms with van der Waals surface area (Å²) in [6, 6.07) is 0.105. The quantitative estimate of drug-likeness (QED) is 0.630. The minimum atomic E-state index is -0.419. The highest BCUT2D eigenvalue weighted by Gasteiger charge is 2.57. The lowest BCUT2D eigenvalue weighted by molar-refractivity contribution is -0.118. The first-order chi connectivity index (χ1) is 13.1. The van der Waals surface area contributed by atoms with Crippen molar-refractivity contribution in [2.45, 2.75) is 77.0 Å². The Balaban J connectivity index is 1.88. The summed E-state index contributed by atoms with van der Waals surface area (Å²) in [5.74, 6) is 1.51. The largest absolute Gasteiger partial charge is 0.393 e. The van der Waals surface area contributed by atoms with Crippen molar-refractivity contribution in [2.24, 2.45) is 34.3 Å². The van der Waals surface area contributed by atoms with Gasteiger partial charge in [0.2, 0.25) is 0 Å². The van der Waals surface area contributed by atoms with Gasteiger partial charge in [0.05, 0.1) is 12.2 Å². The zero-order valence-corrected chi connectivity index (χ0v) is 18.4. The molecule has 0 saturated heterocycles. The van der Waals surface area contributed by atoms with Gasteiger partial charge in [-0.25, -0.2) is 0 Å². The third kappa shape index (κ3) is 3.86. The van der Waals surface area contributed by atoms with Crippen LogP contribution in [-0.4, -0.2) is 54.0 Å². The molecule has 3 rings (SSSR count). The lowest BCUT2D eigenvalue weighted by Crippen LogP contribution is -2.52. The summed E-state index contributed by atoms with van der Waals surface area (Å²) < 4.78 is 0. The second-order valence-corrected chi connectivity index (χ2v) is 10.6. The number of hydrogen-bond donors (Lipinski definition) is 3. The van der Waals surface area contributed by atoms with Gasteiger partial charge in [-0.3, -0.25) is 0 Å². The van der Waals surface area contributed by atoms with Gasteiger partial charge in [-0.05, 0) is 87.6 Å². The van der Waals surface area contributed by atoms with Gasteiger partial charge in [-0.2, -0.15) is 0 Å². The number of fused-ring (bicyclic) bond motifs is 1. The summed E-state index contributed by atoms with van der Waals surface area (Å²) in [5, 5.41) is 21.1. The van der Waals surface area contributed by atoms with E-state index in [9.17, 15) is 10.2 Å². The van der Waals surface area contributed by atoms with E-state index in [0.29, 0.717) is 24.2 Å². The fourth-order valence-corrected chi connectivity index (χ4v) is 6.69. The molecule has 0 spiro atoms. The van der Waals surface area contributed by atoms with Crippen LogP contribution in [0.25, 0.3) is 0 Å². The Kier molecular flexibility index (Phi) is 6.46. The maximum Gasteiger partial charge on any atom is 0.0621 e. The van der Waals surface area contributed by atoms with Gasteiger partial charge in [-0.15, -0.1) is 0 Å². The molecule has 3 fully saturated rings. The average molecular weight is 391 g/mol. The number of hydrogen-bond acceptors (Lipinski definition) is 4. The summed E-state index contributed by atoms with van der Waals surface area (Å²) >= 11 is 0. The van der Waals surface area contributed by atoms with Gasteiger partial charge in [0.15, 0.2) is 0 Å². The van der Waals surface area contributed by atoms with Crippen LogP contribution in [0, 0.1) is 28.6 Å². The van der Waals surface area contributed by atoms with E-state index in [1.807, 2.05) is 0 Å². The predicted molar refractivity (Wildman–Crippen MR) is 116 cm³/mol. The van der Waals surface area contributed by atoms with E-state index in [0.717, 1.165) is 45.1 Å². The summed E-state index contributed by atoms with van der Waals surface area (Å²) in [6.07, 6.45) is 10.4. The Bertz CT molecular complexity index is 603. The maximum atomic E-state index is 11.0. The number of aliphatic hydroxyl groups is 2. The van der Waals surface area contributed by atoms with Crippen molar-refractivity contribution in [3.63, 3.8) is 0 Å². The van der Waals surface area contributed by atoms with Gasteiger partial charge in [0, 0.05) is 12.6 Å². The molecule has 0 aromatic heterocycles. The van der Waals surface area contributed by atoms with Crippen molar-refractivity contribution in [3.8, 4) is 0 Å². The number of nitrogens with two attached hydrogens (primary N) is 1. The van der Waals surface area contributed by atoms with E-state index < -0.39 is 6.10 Å². The molecule has 8 atom stereocenters. The van der Waals surface area contributed by atoms with Crippen molar-refractivity contribution >= 4 is 0 Å². The summed E-state index contributed by atoms with van der Waals surface area (Å²) in [6.45, 7) is 10.0. The molecule has 0 aromatic rings. The van der Waals surface area contributed by atoms with E-state index in [-0.39, 0.29) is 23.0 Å². The molecule has 0 amide bonds. The fourth-order valence-electron chi connectivity index (χ4n) is 6.69. The Hall–Kier alpha value is -0.680. The van der Waals surface area contributed by atoms with Crippen LogP contribution in [-0.2, 0) is 0 Å². The zero-order valence-electron chi connectivity index (χ0n) is 18.4. The van der Waals surface area contributed by atoms with Crippen LogP contribution in [0.2, 0.25) is 0 Å². The molecule has 0 bridgehead atoms. The van der Waals surface area contributed by atoms with E-state index >= 15 is 0 Å². The molecule has 0 aromatic carbocycles. The number of nitrogens with zero attached hydrogens (tertiary/aromatic N) is 1. The smallest absolute Gasteiger partial charge is 0.0621 e. The van der Waals surface area contributed by atoms with Crippen molar-refractivity contribution in [1.82, 2.24) is 4.90 Å². The van der Waals surface area contributed by atoms with E-state index in [1.54, 1.807) is 0 Å². The number of likely N-dealkylation sites (N-methyl/N-ethyl adjacent to an activating group) is 1. The van der Waals surface area contributed by atoms with Gasteiger partial charge in [0.25, 0.3) is 0 Å². The van der Waals surface area contributed by atoms with E-state index in [1.165, 1.54) is 5.57 Å². The Morgan fingerprint density at radius 2 is 1.82 bits per heavy atom.